The minimum atomic E-state index is -1.53. The lowest BCUT2D eigenvalue weighted by molar-refractivity contribution is -0.309. The van der Waals surface area contributed by atoms with Crippen molar-refractivity contribution in [3.8, 4) is 0 Å². The maximum absolute atomic E-state index is 5.57. The second-order valence-corrected chi connectivity index (χ2v) is 3.54. The van der Waals surface area contributed by atoms with Gasteiger partial charge in [0.2, 0.25) is 0 Å². The van der Waals surface area contributed by atoms with Crippen LogP contribution in [-0.2, 0) is 14.5 Å². The van der Waals surface area contributed by atoms with Crippen LogP contribution in [0.25, 0.3) is 0 Å². The molecule has 0 aromatic rings. The van der Waals surface area contributed by atoms with E-state index in [2.05, 4.69) is 9.78 Å². The summed E-state index contributed by atoms with van der Waals surface area (Å²) in [5.41, 5.74) is 0. The third kappa shape index (κ3) is 2.25. The van der Waals surface area contributed by atoms with Gasteiger partial charge in [0.25, 0.3) is 10.5 Å². The predicted octanol–water partition coefficient (Wildman–Crippen LogP) is 2.23. The van der Waals surface area contributed by atoms with Crippen LogP contribution in [0, 0.1) is 0 Å². The fraction of sp³-hybridized carbons (Fsp3) is 1.00. The highest BCUT2D eigenvalue weighted by Gasteiger charge is 2.50. The Morgan fingerprint density at radius 1 is 0.909 bits per heavy atom. The van der Waals surface area contributed by atoms with Gasteiger partial charge in [-0.15, -0.1) is 23.2 Å². The maximum atomic E-state index is 5.57. The van der Waals surface area contributed by atoms with Crippen molar-refractivity contribution in [2.24, 2.45) is 0 Å². The summed E-state index contributed by atoms with van der Waals surface area (Å²) in [7, 11) is 0. The Morgan fingerprint density at radius 2 is 1.27 bits per heavy atom. The molecule has 2 atom stereocenters. The van der Waals surface area contributed by atoms with Gasteiger partial charge in [-0.25, -0.2) is 0 Å². The first-order valence-corrected chi connectivity index (χ1v) is 4.43. The van der Waals surface area contributed by atoms with Gasteiger partial charge in [0.1, 0.15) is 0 Å². The van der Waals surface area contributed by atoms with E-state index >= 15 is 0 Å². The zero-order chi connectivity index (χ0) is 8.54. The van der Waals surface area contributed by atoms with Crippen LogP contribution >= 0.6 is 46.4 Å². The molecule has 0 aliphatic carbocycles. The molecule has 3 nitrogen and oxygen atoms in total. The van der Waals surface area contributed by atoms with Gasteiger partial charge in [-0.1, -0.05) is 23.2 Å². The number of hydrogen-bond donors (Lipinski definition) is 0. The lowest BCUT2D eigenvalue weighted by Crippen LogP contribution is -2.31. The van der Waals surface area contributed by atoms with Crippen LogP contribution in [0.1, 0.15) is 0 Å². The third-order valence-corrected chi connectivity index (χ3v) is 2.44. The second kappa shape index (κ2) is 3.42. The molecule has 0 amide bonds. The Hall–Kier alpha value is 1.04. The summed E-state index contributed by atoms with van der Waals surface area (Å²) in [6.07, 6.45) is 0. The highest BCUT2D eigenvalue weighted by Crippen LogP contribution is 2.39. The first kappa shape index (κ1) is 10.1. The van der Waals surface area contributed by atoms with Crippen molar-refractivity contribution < 1.29 is 14.5 Å². The average Bonchev–Trinajstić information content (AvgIpc) is 2.30. The molecule has 0 aromatic heterocycles. The highest BCUT2D eigenvalue weighted by atomic mass is 35.5. The number of ether oxygens (including phenoxy) is 1. The zero-order valence-corrected chi connectivity index (χ0v) is 8.17. The Kier molecular flexibility index (Phi) is 3.15. The van der Waals surface area contributed by atoms with Crippen LogP contribution in [0.3, 0.4) is 0 Å². The molecule has 1 saturated heterocycles. The fourth-order valence-corrected chi connectivity index (χ4v) is 1.04. The molecule has 1 heterocycles. The van der Waals surface area contributed by atoms with Crippen molar-refractivity contribution in [2.75, 3.05) is 11.8 Å². The van der Waals surface area contributed by atoms with E-state index in [0.717, 1.165) is 0 Å². The lowest BCUT2D eigenvalue weighted by atomic mass is 10.7. The van der Waals surface area contributed by atoms with Crippen LogP contribution in [0.15, 0.2) is 0 Å². The molecule has 0 bridgehead atoms. The summed E-state index contributed by atoms with van der Waals surface area (Å²) in [4.78, 5) is 8.98. The quantitative estimate of drug-likeness (QED) is 0.548. The summed E-state index contributed by atoms with van der Waals surface area (Å²) in [5.74, 6) is -0.222. The van der Waals surface area contributed by atoms with Crippen molar-refractivity contribution in [1.29, 1.82) is 0 Å². The van der Waals surface area contributed by atoms with Gasteiger partial charge in [0, 0.05) is 0 Å². The molecule has 1 fully saturated rings. The SMILES string of the molecule is ClC[C@@]1(Cl)OO[C@@](Cl)(CCl)O1. The van der Waals surface area contributed by atoms with Crippen LogP contribution in [-0.4, -0.2) is 22.3 Å². The van der Waals surface area contributed by atoms with Crippen molar-refractivity contribution in [2.45, 2.75) is 10.5 Å². The molecule has 1 rings (SSSR count). The largest absolute Gasteiger partial charge is 0.295 e. The Bertz CT molecular complexity index is 140. The lowest BCUT2D eigenvalue weighted by Gasteiger charge is -2.15. The first-order chi connectivity index (χ1) is 5.04. The first-order valence-electron chi connectivity index (χ1n) is 2.60. The normalized spacial score (nSPS) is 44.7. The van der Waals surface area contributed by atoms with Gasteiger partial charge in [-0.05, 0) is 0 Å². The van der Waals surface area contributed by atoms with E-state index in [0.29, 0.717) is 0 Å². The molecule has 1 aliphatic heterocycles. The predicted molar refractivity (Wildman–Crippen MR) is 41.9 cm³/mol. The number of alkyl halides is 4. The molecule has 0 aromatic carbocycles. The van der Waals surface area contributed by atoms with E-state index in [1.165, 1.54) is 0 Å². The molecule has 11 heavy (non-hydrogen) atoms. The molecule has 0 unspecified atom stereocenters. The van der Waals surface area contributed by atoms with Crippen LogP contribution < -0.4 is 0 Å². The maximum Gasteiger partial charge on any atom is 0.295 e. The summed E-state index contributed by atoms with van der Waals surface area (Å²) in [6.45, 7) is 0. The number of halogens is 4. The van der Waals surface area contributed by atoms with E-state index in [4.69, 9.17) is 51.1 Å². The molecule has 0 N–H and O–H groups in total. The smallest absolute Gasteiger partial charge is 0.284 e. The van der Waals surface area contributed by atoms with E-state index in [9.17, 15) is 0 Å². The Balaban J connectivity index is 2.58. The average molecular weight is 242 g/mol. The topological polar surface area (TPSA) is 27.7 Å². The standard InChI is InChI=1S/C4H4Cl4O3/c5-1-3(7)9-4(8,2-6)11-10-3/h1-2H2/t3-,4+. The van der Waals surface area contributed by atoms with Crippen molar-refractivity contribution in [3.63, 3.8) is 0 Å². The van der Waals surface area contributed by atoms with Gasteiger partial charge in [-0.3, -0.25) is 4.74 Å². The molecule has 66 valence electrons. The molecular weight excluding hydrogens is 238 g/mol. The van der Waals surface area contributed by atoms with Crippen LogP contribution in [0.5, 0.6) is 0 Å². The van der Waals surface area contributed by atoms with E-state index in [1.807, 2.05) is 0 Å². The summed E-state index contributed by atoms with van der Waals surface area (Å²) in [5, 5.41) is -3.06. The van der Waals surface area contributed by atoms with Crippen molar-refractivity contribution >= 4 is 46.4 Å². The molecule has 7 heteroatoms. The Labute approximate surface area is 83.3 Å². The molecule has 0 spiro atoms. The molecule has 0 radical (unpaired) electrons. The minimum absolute atomic E-state index is 0.111. The van der Waals surface area contributed by atoms with Gasteiger partial charge >= 0.3 is 0 Å². The van der Waals surface area contributed by atoms with E-state index < -0.39 is 10.5 Å². The van der Waals surface area contributed by atoms with Gasteiger partial charge in [-0.2, -0.15) is 9.78 Å². The minimum Gasteiger partial charge on any atom is -0.284 e. The fourth-order valence-electron chi connectivity index (χ4n) is 0.485. The van der Waals surface area contributed by atoms with Gasteiger partial charge in [0.05, 0.1) is 11.8 Å². The summed E-state index contributed by atoms with van der Waals surface area (Å²) < 4.78 is 4.86. The molecular formula is C4H4Cl4O3. The third-order valence-electron chi connectivity index (χ3n) is 0.915. The Morgan fingerprint density at radius 3 is 1.45 bits per heavy atom. The molecule has 0 saturated carbocycles. The number of hydrogen-bond acceptors (Lipinski definition) is 3. The van der Waals surface area contributed by atoms with Crippen molar-refractivity contribution in [3.05, 3.63) is 0 Å². The van der Waals surface area contributed by atoms with Crippen LogP contribution in [0.2, 0.25) is 0 Å². The monoisotopic (exact) mass is 240 g/mol. The van der Waals surface area contributed by atoms with Crippen molar-refractivity contribution in [1.82, 2.24) is 0 Å². The summed E-state index contributed by atoms with van der Waals surface area (Å²) >= 11 is 21.9. The van der Waals surface area contributed by atoms with Crippen LogP contribution in [0.4, 0.5) is 0 Å². The van der Waals surface area contributed by atoms with E-state index in [1.54, 1.807) is 0 Å². The summed E-state index contributed by atoms with van der Waals surface area (Å²) in [6, 6.07) is 0. The number of rotatable bonds is 2. The molecule has 1 aliphatic rings. The highest BCUT2D eigenvalue weighted by molar-refractivity contribution is 6.31. The zero-order valence-electron chi connectivity index (χ0n) is 5.15. The van der Waals surface area contributed by atoms with Gasteiger partial charge < -0.3 is 0 Å². The second-order valence-electron chi connectivity index (χ2n) is 1.86. The van der Waals surface area contributed by atoms with Gasteiger partial charge in [0.15, 0.2) is 0 Å². The van der Waals surface area contributed by atoms with E-state index in [-0.39, 0.29) is 11.8 Å².